The summed E-state index contributed by atoms with van der Waals surface area (Å²) in [4.78, 5) is 11.9. The first kappa shape index (κ1) is 16.7. The van der Waals surface area contributed by atoms with Crippen LogP contribution in [0.25, 0.3) is 0 Å². The highest BCUT2D eigenvalue weighted by molar-refractivity contribution is 9.10. The maximum atomic E-state index is 12.1. The molecular formula is C13H14BrClO5S. The molecule has 1 heterocycles. The first-order chi connectivity index (χ1) is 9.88. The molecule has 2 rings (SSSR count). The first-order valence-electron chi connectivity index (χ1n) is 6.37. The smallest absolute Gasteiger partial charge is 0.339 e. The van der Waals surface area contributed by atoms with Gasteiger partial charge in [-0.3, -0.25) is 0 Å². The lowest BCUT2D eigenvalue weighted by atomic mass is 10.0. The molecule has 1 aromatic carbocycles. The maximum absolute atomic E-state index is 12.1. The predicted molar refractivity (Wildman–Crippen MR) is 81.0 cm³/mol. The summed E-state index contributed by atoms with van der Waals surface area (Å²) in [6.07, 6.45) is 1.70. The van der Waals surface area contributed by atoms with Crippen molar-refractivity contribution in [2.24, 2.45) is 5.92 Å². The lowest BCUT2D eigenvalue weighted by molar-refractivity contribution is 0.0185. The highest BCUT2D eigenvalue weighted by Crippen LogP contribution is 2.24. The molecule has 1 aliphatic heterocycles. The number of esters is 1. The SMILES string of the molecule is O=C(OCC1CCOCC1)c1cc(S(=O)(=O)Cl)ccc1Br. The molecule has 0 aromatic heterocycles. The Morgan fingerprint density at radius 1 is 1.38 bits per heavy atom. The monoisotopic (exact) mass is 396 g/mol. The summed E-state index contributed by atoms with van der Waals surface area (Å²) in [5, 5.41) is 0. The van der Waals surface area contributed by atoms with Gasteiger partial charge in [0.25, 0.3) is 9.05 Å². The van der Waals surface area contributed by atoms with E-state index in [9.17, 15) is 13.2 Å². The molecule has 0 amide bonds. The number of ether oxygens (including phenoxy) is 2. The minimum atomic E-state index is -3.88. The fourth-order valence-electron chi connectivity index (χ4n) is 2.00. The van der Waals surface area contributed by atoms with Gasteiger partial charge in [0.15, 0.2) is 0 Å². The molecule has 0 saturated carbocycles. The third-order valence-corrected chi connectivity index (χ3v) is 5.27. The highest BCUT2D eigenvalue weighted by Gasteiger charge is 2.20. The molecule has 0 bridgehead atoms. The van der Waals surface area contributed by atoms with Crippen molar-refractivity contribution >= 4 is 41.6 Å². The van der Waals surface area contributed by atoms with Crippen LogP contribution >= 0.6 is 26.6 Å². The molecule has 0 spiro atoms. The van der Waals surface area contributed by atoms with Crippen LogP contribution in [0, 0.1) is 5.92 Å². The van der Waals surface area contributed by atoms with Gasteiger partial charge in [-0.2, -0.15) is 0 Å². The molecule has 5 nitrogen and oxygen atoms in total. The summed E-state index contributed by atoms with van der Waals surface area (Å²) in [7, 11) is 1.39. The average Bonchev–Trinajstić information content (AvgIpc) is 2.45. The molecular weight excluding hydrogens is 384 g/mol. The number of hydrogen-bond acceptors (Lipinski definition) is 5. The van der Waals surface area contributed by atoms with Crippen LogP contribution in [0.15, 0.2) is 27.6 Å². The molecule has 8 heteroatoms. The average molecular weight is 398 g/mol. The zero-order valence-corrected chi connectivity index (χ0v) is 14.2. The summed E-state index contributed by atoms with van der Waals surface area (Å²) < 4.78 is 33.6. The van der Waals surface area contributed by atoms with Gasteiger partial charge in [-0.05, 0) is 52.9 Å². The highest BCUT2D eigenvalue weighted by atomic mass is 79.9. The Morgan fingerprint density at radius 2 is 2.05 bits per heavy atom. The van der Waals surface area contributed by atoms with Crippen molar-refractivity contribution < 1.29 is 22.7 Å². The van der Waals surface area contributed by atoms with E-state index in [0.29, 0.717) is 24.3 Å². The molecule has 1 saturated heterocycles. The van der Waals surface area contributed by atoms with Gasteiger partial charge in [0.1, 0.15) is 0 Å². The number of benzene rings is 1. The van der Waals surface area contributed by atoms with Crippen LogP contribution in [0.1, 0.15) is 23.2 Å². The number of halogens is 2. The van der Waals surface area contributed by atoms with Crippen molar-refractivity contribution in [2.75, 3.05) is 19.8 Å². The van der Waals surface area contributed by atoms with Crippen LogP contribution in [0.3, 0.4) is 0 Å². The Balaban J connectivity index is 2.07. The Bertz CT molecular complexity index is 625. The molecule has 116 valence electrons. The normalized spacial score (nSPS) is 16.7. The van der Waals surface area contributed by atoms with Crippen LogP contribution < -0.4 is 0 Å². The van der Waals surface area contributed by atoms with E-state index in [1.54, 1.807) is 0 Å². The molecule has 21 heavy (non-hydrogen) atoms. The minimum absolute atomic E-state index is 0.134. The van der Waals surface area contributed by atoms with Gasteiger partial charge in [-0.15, -0.1) is 0 Å². The molecule has 0 aliphatic carbocycles. The van der Waals surface area contributed by atoms with E-state index < -0.39 is 15.0 Å². The Labute approximate surface area is 136 Å². The second-order valence-corrected chi connectivity index (χ2v) is 8.15. The number of carbonyl (C=O) groups is 1. The fourth-order valence-corrected chi connectivity index (χ4v) is 3.18. The maximum Gasteiger partial charge on any atom is 0.339 e. The molecule has 1 aliphatic rings. The quantitative estimate of drug-likeness (QED) is 0.577. The van der Waals surface area contributed by atoms with Gasteiger partial charge >= 0.3 is 5.97 Å². The summed E-state index contributed by atoms with van der Waals surface area (Å²) in [5.41, 5.74) is 0.142. The predicted octanol–water partition coefficient (Wildman–Crippen LogP) is 2.96. The molecule has 0 N–H and O–H groups in total. The largest absolute Gasteiger partial charge is 0.462 e. The fraction of sp³-hybridized carbons (Fsp3) is 0.462. The number of carbonyl (C=O) groups excluding carboxylic acids is 1. The molecule has 1 aromatic rings. The third-order valence-electron chi connectivity index (χ3n) is 3.23. The second kappa shape index (κ2) is 7.09. The molecule has 0 atom stereocenters. The van der Waals surface area contributed by atoms with E-state index in [0.717, 1.165) is 12.8 Å². The van der Waals surface area contributed by atoms with Crippen molar-refractivity contribution in [1.29, 1.82) is 0 Å². The molecule has 0 radical (unpaired) electrons. The Kier molecular flexibility index (Phi) is 5.65. The zero-order valence-electron chi connectivity index (χ0n) is 11.1. The lowest BCUT2D eigenvalue weighted by Gasteiger charge is -2.21. The summed E-state index contributed by atoms with van der Waals surface area (Å²) in [5.74, 6) is -0.294. The van der Waals surface area contributed by atoms with E-state index >= 15 is 0 Å². The molecule has 0 unspecified atom stereocenters. The zero-order chi connectivity index (χ0) is 15.5. The summed E-state index contributed by atoms with van der Waals surface area (Å²) in [6, 6.07) is 3.99. The Morgan fingerprint density at radius 3 is 2.67 bits per heavy atom. The lowest BCUT2D eigenvalue weighted by Crippen LogP contribution is -2.22. The topological polar surface area (TPSA) is 69.7 Å². The van der Waals surface area contributed by atoms with Crippen LogP contribution in [-0.4, -0.2) is 34.2 Å². The standard InChI is InChI=1S/C13H14BrClO5S/c14-12-2-1-10(21(15,17)18)7-11(12)13(16)20-8-9-3-5-19-6-4-9/h1-2,7,9H,3-6,8H2. The van der Waals surface area contributed by atoms with Gasteiger partial charge in [-0.25, -0.2) is 13.2 Å². The van der Waals surface area contributed by atoms with Crippen molar-refractivity contribution in [3.05, 3.63) is 28.2 Å². The van der Waals surface area contributed by atoms with Gasteiger partial charge in [-0.1, -0.05) is 0 Å². The van der Waals surface area contributed by atoms with Gasteiger partial charge in [0.05, 0.1) is 17.1 Å². The summed E-state index contributed by atoms with van der Waals surface area (Å²) in [6.45, 7) is 1.64. The van der Waals surface area contributed by atoms with E-state index in [-0.39, 0.29) is 16.4 Å². The number of hydrogen-bond donors (Lipinski definition) is 0. The van der Waals surface area contributed by atoms with Crippen LogP contribution in [0.4, 0.5) is 0 Å². The van der Waals surface area contributed by atoms with E-state index in [1.807, 2.05) is 0 Å². The Hall–Kier alpha value is -0.630. The van der Waals surface area contributed by atoms with Crippen LogP contribution in [-0.2, 0) is 18.5 Å². The van der Waals surface area contributed by atoms with Crippen molar-refractivity contribution in [3.63, 3.8) is 0 Å². The van der Waals surface area contributed by atoms with Crippen molar-refractivity contribution in [3.8, 4) is 0 Å². The van der Waals surface area contributed by atoms with Crippen molar-refractivity contribution in [1.82, 2.24) is 0 Å². The van der Waals surface area contributed by atoms with E-state index in [2.05, 4.69) is 15.9 Å². The van der Waals surface area contributed by atoms with E-state index in [4.69, 9.17) is 20.2 Å². The summed E-state index contributed by atoms with van der Waals surface area (Å²) >= 11 is 3.21. The van der Waals surface area contributed by atoms with Gasteiger partial charge in [0, 0.05) is 28.4 Å². The van der Waals surface area contributed by atoms with Crippen molar-refractivity contribution in [2.45, 2.75) is 17.7 Å². The number of rotatable bonds is 4. The second-order valence-electron chi connectivity index (χ2n) is 4.73. The first-order valence-corrected chi connectivity index (χ1v) is 9.47. The van der Waals surface area contributed by atoms with Gasteiger partial charge in [0.2, 0.25) is 0 Å². The third kappa shape index (κ3) is 4.67. The minimum Gasteiger partial charge on any atom is -0.462 e. The van der Waals surface area contributed by atoms with Crippen LogP contribution in [0.5, 0.6) is 0 Å². The molecule has 1 fully saturated rings. The van der Waals surface area contributed by atoms with Gasteiger partial charge < -0.3 is 9.47 Å². The van der Waals surface area contributed by atoms with E-state index in [1.165, 1.54) is 18.2 Å². The van der Waals surface area contributed by atoms with Crippen LogP contribution in [0.2, 0.25) is 0 Å².